The first-order valence-electron chi connectivity index (χ1n) is 12.5. The number of sulfonamides is 1. The third-order valence-corrected chi connectivity index (χ3v) is 8.08. The van der Waals surface area contributed by atoms with Crippen LogP contribution in [0.15, 0.2) is 114 Å². The smallest absolute Gasteiger partial charge is 0.303 e. The molecule has 4 aromatic rings. The van der Waals surface area contributed by atoms with E-state index in [1.54, 1.807) is 18.3 Å². The van der Waals surface area contributed by atoms with Crippen LogP contribution >= 0.6 is 11.6 Å². The molecule has 39 heavy (non-hydrogen) atoms. The predicted octanol–water partition coefficient (Wildman–Crippen LogP) is 6.34. The van der Waals surface area contributed by atoms with Gasteiger partial charge in [-0.3, -0.25) is 9.78 Å². The van der Waals surface area contributed by atoms with Gasteiger partial charge < -0.3 is 5.11 Å². The lowest BCUT2D eigenvalue weighted by Crippen LogP contribution is -2.28. The van der Waals surface area contributed by atoms with E-state index in [4.69, 9.17) is 16.7 Å². The molecule has 3 aromatic carbocycles. The largest absolute Gasteiger partial charge is 0.481 e. The maximum absolute atomic E-state index is 13.0. The Morgan fingerprint density at radius 1 is 0.923 bits per heavy atom. The molecule has 1 heterocycles. The second kappa shape index (κ2) is 13.3. The monoisotopic (exact) mass is 560 g/mol. The lowest BCUT2D eigenvalue weighted by molar-refractivity contribution is -0.136. The highest BCUT2D eigenvalue weighted by molar-refractivity contribution is 7.89. The number of allylic oxidation sites excluding steroid dienone is 1. The van der Waals surface area contributed by atoms with Gasteiger partial charge in [0.1, 0.15) is 0 Å². The first-order valence-corrected chi connectivity index (χ1v) is 14.4. The molecule has 0 aliphatic rings. The third-order valence-electron chi connectivity index (χ3n) is 6.39. The molecular formula is C31H29ClN2O4S. The van der Waals surface area contributed by atoms with E-state index in [0.29, 0.717) is 17.9 Å². The number of carboxylic acid groups (broad SMARTS) is 1. The zero-order chi connectivity index (χ0) is 27.7. The van der Waals surface area contributed by atoms with Gasteiger partial charge in [-0.25, -0.2) is 13.1 Å². The Kier molecular flexibility index (Phi) is 9.65. The van der Waals surface area contributed by atoms with Crippen molar-refractivity contribution in [1.29, 1.82) is 0 Å². The molecule has 0 aliphatic heterocycles. The number of carbonyl (C=O) groups is 1. The summed E-state index contributed by atoms with van der Waals surface area (Å²) in [5.74, 6) is -1.03. The minimum atomic E-state index is -3.75. The SMILES string of the molecule is O=C(O)CCc1ccc(C(CC=C(c2ccccc2)c2cccnc2)CNS(=O)(=O)c2ccc(Cl)cc2)cc1. The van der Waals surface area contributed by atoms with E-state index in [1.807, 2.05) is 72.9 Å². The van der Waals surface area contributed by atoms with Crippen molar-refractivity contribution in [2.45, 2.75) is 30.1 Å². The van der Waals surface area contributed by atoms with Gasteiger partial charge in [-0.15, -0.1) is 0 Å². The molecule has 0 radical (unpaired) electrons. The second-order valence-corrected chi connectivity index (χ2v) is 11.3. The van der Waals surface area contributed by atoms with Crippen molar-refractivity contribution in [3.63, 3.8) is 0 Å². The van der Waals surface area contributed by atoms with Gasteiger partial charge in [-0.05, 0) is 65.4 Å². The van der Waals surface area contributed by atoms with Crippen molar-refractivity contribution in [1.82, 2.24) is 9.71 Å². The maximum atomic E-state index is 13.0. The minimum absolute atomic E-state index is 0.0535. The van der Waals surface area contributed by atoms with Crippen molar-refractivity contribution >= 4 is 33.2 Å². The number of nitrogens with zero attached hydrogens (tertiary/aromatic N) is 1. The molecule has 0 amide bonds. The van der Waals surface area contributed by atoms with E-state index < -0.39 is 16.0 Å². The summed E-state index contributed by atoms with van der Waals surface area (Å²) < 4.78 is 28.8. The van der Waals surface area contributed by atoms with E-state index in [1.165, 1.54) is 12.1 Å². The lowest BCUT2D eigenvalue weighted by atomic mass is 9.91. The van der Waals surface area contributed by atoms with Gasteiger partial charge in [0.25, 0.3) is 0 Å². The van der Waals surface area contributed by atoms with E-state index in [2.05, 4.69) is 15.8 Å². The highest BCUT2D eigenvalue weighted by Crippen LogP contribution is 2.28. The second-order valence-electron chi connectivity index (χ2n) is 9.10. The van der Waals surface area contributed by atoms with Crippen molar-refractivity contribution in [3.8, 4) is 0 Å². The molecule has 0 saturated carbocycles. The number of pyridine rings is 1. The Hall–Kier alpha value is -3.78. The number of halogens is 1. The van der Waals surface area contributed by atoms with Crippen molar-refractivity contribution < 1.29 is 18.3 Å². The summed E-state index contributed by atoms with van der Waals surface area (Å²) in [6.07, 6.45) is 6.70. The predicted molar refractivity (Wildman–Crippen MR) is 154 cm³/mol. The fraction of sp³-hybridized carbons (Fsp3) is 0.161. The molecule has 0 fully saturated rings. The molecule has 0 spiro atoms. The van der Waals surface area contributed by atoms with Crippen molar-refractivity contribution in [3.05, 3.63) is 137 Å². The number of aryl methyl sites for hydroxylation is 1. The molecule has 1 unspecified atom stereocenters. The summed E-state index contributed by atoms with van der Waals surface area (Å²) >= 11 is 5.94. The average molecular weight is 561 g/mol. The van der Waals surface area contributed by atoms with Gasteiger partial charge in [0, 0.05) is 41.9 Å². The van der Waals surface area contributed by atoms with Gasteiger partial charge in [-0.2, -0.15) is 0 Å². The molecule has 200 valence electrons. The Labute approximate surface area is 234 Å². The standard InChI is InChI=1S/C31H29ClN2O4S/c32-28-14-16-29(17-15-28)39(37,38)34-22-26(24-11-8-23(9-12-24)10-19-31(35)36)13-18-30(25-5-2-1-3-6-25)27-7-4-20-33-21-27/h1-9,11-12,14-18,20-21,26,34H,10,13,19,22H2,(H,35,36). The highest BCUT2D eigenvalue weighted by atomic mass is 35.5. The summed E-state index contributed by atoms with van der Waals surface area (Å²) in [5.41, 5.74) is 4.87. The van der Waals surface area contributed by atoms with Gasteiger partial charge in [0.15, 0.2) is 0 Å². The minimum Gasteiger partial charge on any atom is -0.481 e. The maximum Gasteiger partial charge on any atom is 0.303 e. The molecule has 0 aliphatic carbocycles. The number of carboxylic acids is 1. The van der Waals surface area contributed by atoms with Crippen LogP contribution in [-0.4, -0.2) is 31.0 Å². The molecule has 1 aromatic heterocycles. The number of hydrogen-bond acceptors (Lipinski definition) is 4. The lowest BCUT2D eigenvalue weighted by Gasteiger charge is -2.19. The van der Waals surface area contributed by atoms with Crippen LogP contribution in [0.1, 0.15) is 41.0 Å². The van der Waals surface area contributed by atoms with E-state index in [-0.39, 0.29) is 23.8 Å². The molecule has 4 rings (SSSR count). The van der Waals surface area contributed by atoms with E-state index in [9.17, 15) is 13.2 Å². The van der Waals surface area contributed by atoms with Crippen LogP contribution in [0.4, 0.5) is 0 Å². The van der Waals surface area contributed by atoms with Crippen LogP contribution in [0.3, 0.4) is 0 Å². The fourth-order valence-corrected chi connectivity index (χ4v) is 5.46. The molecule has 6 nitrogen and oxygen atoms in total. The average Bonchev–Trinajstić information content (AvgIpc) is 2.95. The number of aromatic nitrogens is 1. The third kappa shape index (κ3) is 8.10. The summed E-state index contributed by atoms with van der Waals surface area (Å²) in [6, 6.07) is 27.6. The van der Waals surface area contributed by atoms with Gasteiger partial charge in [-0.1, -0.05) is 78.3 Å². The van der Waals surface area contributed by atoms with Crippen LogP contribution in [0.5, 0.6) is 0 Å². The van der Waals surface area contributed by atoms with Crippen LogP contribution in [-0.2, 0) is 21.2 Å². The highest BCUT2D eigenvalue weighted by Gasteiger charge is 2.19. The normalized spacial score (nSPS) is 12.7. The van der Waals surface area contributed by atoms with Crippen LogP contribution < -0.4 is 4.72 Å². The molecule has 8 heteroatoms. The topological polar surface area (TPSA) is 96.4 Å². The number of aliphatic carboxylic acids is 1. The van der Waals surface area contributed by atoms with Gasteiger partial charge in [0.05, 0.1) is 4.90 Å². The van der Waals surface area contributed by atoms with E-state index in [0.717, 1.165) is 27.8 Å². The number of benzene rings is 3. The first-order chi connectivity index (χ1) is 18.8. The van der Waals surface area contributed by atoms with Gasteiger partial charge in [0.2, 0.25) is 10.0 Å². The Morgan fingerprint density at radius 2 is 1.62 bits per heavy atom. The fourth-order valence-electron chi connectivity index (χ4n) is 4.25. The number of rotatable bonds is 12. The summed E-state index contributed by atoms with van der Waals surface area (Å²) in [6.45, 7) is 0.172. The quantitative estimate of drug-likeness (QED) is 0.211. The number of nitrogens with one attached hydrogen (secondary N) is 1. The number of hydrogen-bond donors (Lipinski definition) is 2. The summed E-state index contributed by atoms with van der Waals surface area (Å²) in [5, 5.41) is 9.46. The van der Waals surface area contributed by atoms with Crippen LogP contribution in [0, 0.1) is 0 Å². The molecule has 0 bridgehead atoms. The Bertz CT molecular complexity index is 1470. The van der Waals surface area contributed by atoms with E-state index >= 15 is 0 Å². The molecule has 1 atom stereocenters. The van der Waals surface area contributed by atoms with Gasteiger partial charge >= 0.3 is 5.97 Å². The zero-order valence-corrected chi connectivity index (χ0v) is 22.8. The molecule has 0 saturated heterocycles. The summed E-state index contributed by atoms with van der Waals surface area (Å²) in [7, 11) is -3.75. The van der Waals surface area contributed by atoms with Crippen LogP contribution in [0.25, 0.3) is 5.57 Å². The first kappa shape index (κ1) is 28.2. The van der Waals surface area contributed by atoms with Crippen molar-refractivity contribution in [2.24, 2.45) is 0 Å². The van der Waals surface area contributed by atoms with Crippen molar-refractivity contribution in [2.75, 3.05) is 6.54 Å². The molecular weight excluding hydrogens is 532 g/mol. The zero-order valence-electron chi connectivity index (χ0n) is 21.2. The Morgan fingerprint density at radius 3 is 2.26 bits per heavy atom. The molecule has 2 N–H and O–H groups in total. The Balaban J connectivity index is 1.63. The summed E-state index contributed by atoms with van der Waals surface area (Å²) in [4.78, 5) is 15.4. The van der Waals surface area contributed by atoms with Crippen LogP contribution in [0.2, 0.25) is 5.02 Å².